The number of aryl methyl sites for hydroxylation is 1. The summed E-state index contributed by atoms with van der Waals surface area (Å²) in [5.74, 6) is 0.934. The maximum Gasteiger partial charge on any atom is 0.254 e. The van der Waals surface area contributed by atoms with Crippen LogP contribution in [0.2, 0.25) is 0 Å². The van der Waals surface area contributed by atoms with Crippen LogP contribution in [0.3, 0.4) is 0 Å². The first kappa shape index (κ1) is 22.7. The van der Waals surface area contributed by atoms with Gasteiger partial charge in [0.2, 0.25) is 0 Å². The molecule has 6 nitrogen and oxygen atoms in total. The minimum atomic E-state index is -0.0368. The molecule has 0 radical (unpaired) electrons. The van der Waals surface area contributed by atoms with Crippen molar-refractivity contribution in [1.29, 1.82) is 0 Å². The lowest BCUT2D eigenvalue weighted by Crippen LogP contribution is -2.62. The van der Waals surface area contributed by atoms with Gasteiger partial charge in [0.05, 0.1) is 11.8 Å². The molecule has 1 unspecified atom stereocenters. The number of likely N-dealkylation sites (tertiary alicyclic amines) is 1. The Labute approximate surface area is 202 Å². The third kappa shape index (κ3) is 4.60. The van der Waals surface area contributed by atoms with Crippen LogP contribution in [-0.4, -0.2) is 53.3 Å². The molecule has 3 aromatic rings. The van der Waals surface area contributed by atoms with Crippen molar-refractivity contribution in [2.45, 2.75) is 26.3 Å². The smallest absolute Gasteiger partial charge is 0.254 e. The Morgan fingerprint density at radius 1 is 1.09 bits per heavy atom. The van der Waals surface area contributed by atoms with E-state index in [9.17, 15) is 4.79 Å². The van der Waals surface area contributed by atoms with E-state index in [1.807, 2.05) is 7.05 Å². The van der Waals surface area contributed by atoms with E-state index in [0.29, 0.717) is 23.9 Å². The highest BCUT2D eigenvalue weighted by molar-refractivity contribution is 5.93. The minimum absolute atomic E-state index is 0.0368. The van der Waals surface area contributed by atoms with Gasteiger partial charge in [0.15, 0.2) is 0 Å². The monoisotopic (exact) mass is 457 g/mol. The van der Waals surface area contributed by atoms with Crippen LogP contribution >= 0.6 is 0 Å². The second-order valence-corrected chi connectivity index (χ2v) is 10.4. The summed E-state index contributed by atoms with van der Waals surface area (Å²) in [6.45, 7) is 10.3. The number of hydrogen-bond acceptors (Lipinski definition) is 4. The van der Waals surface area contributed by atoms with E-state index in [1.54, 1.807) is 17.1 Å². The fraction of sp³-hybridized carbons (Fsp3) is 0.429. The van der Waals surface area contributed by atoms with Crippen LogP contribution in [0, 0.1) is 11.3 Å². The van der Waals surface area contributed by atoms with Gasteiger partial charge in [-0.3, -0.25) is 14.4 Å². The molecule has 1 atom stereocenters. The van der Waals surface area contributed by atoms with Crippen molar-refractivity contribution >= 4 is 11.6 Å². The summed E-state index contributed by atoms with van der Waals surface area (Å²) >= 11 is 0. The van der Waals surface area contributed by atoms with Crippen molar-refractivity contribution in [2.75, 3.05) is 37.6 Å². The zero-order chi connectivity index (χ0) is 23.7. The lowest BCUT2D eigenvalue weighted by atomic mass is 9.71. The van der Waals surface area contributed by atoms with Crippen molar-refractivity contribution in [3.63, 3.8) is 0 Å². The van der Waals surface area contributed by atoms with Gasteiger partial charge in [0.25, 0.3) is 5.91 Å². The summed E-state index contributed by atoms with van der Waals surface area (Å²) in [4.78, 5) is 17.7. The molecule has 0 saturated carbocycles. The Bertz CT molecular complexity index is 1120. The number of benzene rings is 2. The SMILES string of the molecule is CC(C)c1ccc(CN2CC(CNC(=O)c3cnn(C)c3)C3(C2)CN(c2ccccc2)C3)cc1. The Morgan fingerprint density at radius 2 is 1.82 bits per heavy atom. The van der Waals surface area contributed by atoms with Crippen LogP contribution in [-0.2, 0) is 13.6 Å². The van der Waals surface area contributed by atoms with Gasteiger partial charge in [-0.1, -0.05) is 56.3 Å². The highest BCUT2D eigenvalue weighted by Crippen LogP contribution is 2.45. The maximum atomic E-state index is 12.7. The number of para-hydroxylation sites is 1. The van der Waals surface area contributed by atoms with E-state index in [0.717, 1.165) is 32.7 Å². The van der Waals surface area contributed by atoms with Crippen molar-refractivity contribution in [3.8, 4) is 0 Å². The number of carbonyl (C=O) groups is 1. The molecule has 2 aliphatic rings. The number of nitrogens with one attached hydrogen (secondary N) is 1. The summed E-state index contributed by atoms with van der Waals surface area (Å²) < 4.78 is 1.67. The molecule has 2 saturated heterocycles. The summed E-state index contributed by atoms with van der Waals surface area (Å²) in [7, 11) is 1.83. The lowest BCUT2D eigenvalue weighted by molar-refractivity contribution is 0.0923. The van der Waals surface area contributed by atoms with Gasteiger partial charge in [-0.25, -0.2) is 0 Å². The van der Waals surface area contributed by atoms with Gasteiger partial charge >= 0.3 is 0 Å². The van der Waals surface area contributed by atoms with Gasteiger partial charge in [0, 0.05) is 63.6 Å². The number of carbonyl (C=O) groups excluding carboxylic acids is 1. The number of rotatable bonds is 7. The quantitative estimate of drug-likeness (QED) is 0.585. The van der Waals surface area contributed by atoms with Gasteiger partial charge in [-0.2, -0.15) is 5.10 Å². The zero-order valence-corrected chi connectivity index (χ0v) is 20.4. The third-order valence-electron chi connectivity index (χ3n) is 7.54. The molecule has 34 heavy (non-hydrogen) atoms. The Balaban J connectivity index is 1.27. The van der Waals surface area contributed by atoms with Gasteiger partial charge < -0.3 is 10.2 Å². The second kappa shape index (κ2) is 9.26. The van der Waals surface area contributed by atoms with Gasteiger partial charge in [-0.15, -0.1) is 0 Å². The number of amides is 1. The standard InChI is InChI=1S/C28H35N5O/c1-21(2)23-11-9-22(10-12-23)15-32-17-25(14-29-27(34)24-13-30-31(3)16-24)28(18-32)19-33(20-28)26-7-5-4-6-8-26/h4-13,16,21,25H,14-15,17-20H2,1-3H3,(H,29,34). The molecule has 1 amide bonds. The second-order valence-electron chi connectivity index (χ2n) is 10.4. The Morgan fingerprint density at radius 3 is 2.47 bits per heavy atom. The van der Waals surface area contributed by atoms with E-state index < -0.39 is 0 Å². The number of anilines is 1. The predicted molar refractivity (Wildman–Crippen MR) is 136 cm³/mol. The molecule has 1 spiro atoms. The summed E-state index contributed by atoms with van der Waals surface area (Å²) in [6, 6.07) is 19.7. The van der Waals surface area contributed by atoms with Crippen molar-refractivity contribution in [2.24, 2.45) is 18.4 Å². The first-order valence-corrected chi connectivity index (χ1v) is 12.3. The van der Waals surface area contributed by atoms with Gasteiger partial charge in [-0.05, 0) is 35.1 Å². The lowest BCUT2D eigenvalue weighted by Gasteiger charge is -2.52. The van der Waals surface area contributed by atoms with Crippen LogP contribution < -0.4 is 10.2 Å². The molecule has 0 bridgehead atoms. The molecule has 1 aromatic heterocycles. The largest absolute Gasteiger partial charge is 0.370 e. The molecule has 5 rings (SSSR count). The summed E-state index contributed by atoms with van der Waals surface area (Å²) in [5.41, 5.74) is 4.86. The molecule has 178 valence electrons. The van der Waals surface area contributed by atoms with E-state index in [4.69, 9.17) is 0 Å². The average molecular weight is 458 g/mol. The number of hydrogen-bond donors (Lipinski definition) is 1. The average Bonchev–Trinajstić information content (AvgIpc) is 3.41. The molecular weight excluding hydrogens is 422 g/mol. The van der Waals surface area contributed by atoms with Gasteiger partial charge in [0.1, 0.15) is 0 Å². The highest BCUT2D eigenvalue weighted by atomic mass is 16.1. The minimum Gasteiger partial charge on any atom is -0.370 e. The fourth-order valence-corrected chi connectivity index (χ4v) is 5.56. The summed E-state index contributed by atoms with van der Waals surface area (Å²) in [5, 5.41) is 7.33. The van der Waals surface area contributed by atoms with E-state index in [2.05, 4.69) is 88.7 Å². The fourth-order valence-electron chi connectivity index (χ4n) is 5.56. The predicted octanol–water partition coefficient (Wildman–Crippen LogP) is 3.91. The number of aromatic nitrogens is 2. The van der Waals surface area contributed by atoms with Crippen LogP contribution in [0.25, 0.3) is 0 Å². The molecule has 2 aliphatic heterocycles. The first-order valence-electron chi connectivity index (χ1n) is 12.3. The van der Waals surface area contributed by atoms with E-state index in [1.165, 1.54) is 16.8 Å². The first-order chi connectivity index (χ1) is 16.4. The van der Waals surface area contributed by atoms with Crippen LogP contribution in [0.15, 0.2) is 67.0 Å². The Kier molecular flexibility index (Phi) is 6.17. The molecule has 3 heterocycles. The zero-order valence-electron chi connectivity index (χ0n) is 20.4. The highest BCUT2D eigenvalue weighted by Gasteiger charge is 2.53. The van der Waals surface area contributed by atoms with Crippen molar-refractivity contribution in [1.82, 2.24) is 20.0 Å². The van der Waals surface area contributed by atoms with E-state index in [-0.39, 0.29) is 11.3 Å². The van der Waals surface area contributed by atoms with Crippen LogP contribution in [0.5, 0.6) is 0 Å². The molecular formula is C28H35N5O. The third-order valence-corrected chi connectivity index (χ3v) is 7.54. The molecule has 2 aromatic carbocycles. The molecule has 1 N–H and O–H groups in total. The maximum absolute atomic E-state index is 12.7. The van der Waals surface area contributed by atoms with Crippen LogP contribution in [0.4, 0.5) is 5.69 Å². The normalized spacial score (nSPS) is 19.5. The van der Waals surface area contributed by atoms with Crippen molar-refractivity contribution < 1.29 is 4.79 Å². The molecule has 2 fully saturated rings. The topological polar surface area (TPSA) is 53.4 Å². The van der Waals surface area contributed by atoms with Crippen molar-refractivity contribution in [3.05, 3.63) is 83.7 Å². The summed E-state index contributed by atoms with van der Waals surface area (Å²) in [6.07, 6.45) is 3.40. The number of nitrogens with zero attached hydrogens (tertiary/aromatic N) is 4. The van der Waals surface area contributed by atoms with E-state index >= 15 is 0 Å². The molecule has 6 heteroatoms. The van der Waals surface area contributed by atoms with Crippen LogP contribution in [0.1, 0.15) is 41.3 Å². The Hall–Kier alpha value is -3.12. The molecule has 0 aliphatic carbocycles.